The van der Waals surface area contributed by atoms with E-state index in [2.05, 4.69) is 53.5 Å². The molecule has 0 saturated heterocycles. The van der Waals surface area contributed by atoms with Gasteiger partial charge < -0.3 is 15.4 Å². The van der Waals surface area contributed by atoms with Gasteiger partial charge in [0.25, 0.3) is 11.8 Å². The molecule has 1 aromatic carbocycles. The normalized spacial score (nSPS) is 11.0. The number of carbonyl (C=O) groups is 3. The quantitative estimate of drug-likeness (QED) is 0.501. The van der Waals surface area contributed by atoms with Gasteiger partial charge in [-0.15, -0.1) is 11.3 Å². The van der Waals surface area contributed by atoms with E-state index in [9.17, 15) is 14.4 Å². The summed E-state index contributed by atoms with van der Waals surface area (Å²) in [6, 6.07) is 5.50. The summed E-state index contributed by atoms with van der Waals surface area (Å²) < 4.78 is 5.27. The van der Waals surface area contributed by atoms with Gasteiger partial charge in [-0.25, -0.2) is 4.98 Å². The van der Waals surface area contributed by atoms with Crippen LogP contribution in [0.15, 0.2) is 23.6 Å². The SMILES string of the molecule is COc1cc(NC(C)=O)ccc1C(=O)Nc1nc(C(=O)NCCN(C(C)C)C(C)C)cs1. The van der Waals surface area contributed by atoms with Crippen LogP contribution in [-0.2, 0) is 4.79 Å². The minimum atomic E-state index is -0.429. The first-order chi connectivity index (χ1) is 15.1. The van der Waals surface area contributed by atoms with E-state index in [0.29, 0.717) is 35.2 Å². The molecule has 32 heavy (non-hydrogen) atoms. The molecule has 0 radical (unpaired) electrons. The second-order valence-electron chi connectivity index (χ2n) is 7.77. The van der Waals surface area contributed by atoms with Crippen LogP contribution in [0.3, 0.4) is 0 Å². The third-order valence-electron chi connectivity index (χ3n) is 4.71. The standard InChI is InChI=1S/C22H31N5O4S/c1-13(2)27(14(3)4)10-9-23-21(30)18-12-32-22(25-18)26-20(29)17-8-7-16(24-15(5)28)11-19(17)31-6/h7-8,11-14H,9-10H2,1-6H3,(H,23,30)(H,24,28)(H,25,26,29). The Hall–Kier alpha value is -2.98. The first-order valence-corrected chi connectivity index (χ1v) is 11.3. The van der Waals surface area contributed by atoms with Gasteiger partial charge in [-0.05, 0) is 39.8 Å². The molecule has 0 saturated carbocycles. The van der Waals surface area contributed by atoms with Gasteiger partial charge in [0.1, 0.15) is 11.4 Å². The fraction of sp³-hybridized carbons (Fsp3) is 0.455. The summed E-state index contributed by atoms with van der Waals surface area (Å²) in [7, 11) is 1.44. The number of carbonyl (C=O) groups excluding carboxylic acids is 3. The molecular weight excluding hydrogens is 430 g/mol. The zero-order chi connectivity index (χ0) is 23.8. The van der Waals surface area contributed by atoms with Gasteiger partial charge in [0.05, 0.1) is 12.7 Å². The Balaban J connectivity index is 1.98. The van der Waals surface area contributed by atoms with Gasteiger partial charge in [0.2, 0.25) is 5.91 Å². The molecule has 3 amide bonds. The van der Waals surface area contributed by atoms with Crippen molar-refractivity contribution in [1.82, 2.24) is 15.2 Å². The van der Waals surface area contributed by atoms with Crippen molar-refractivity contribution in [2.24, 2.45) is 0 Å². The molecule has 0 fully saturated rings. The van der Waals surface area contributed by atoms with Gasteiger partial charge in [0, 0.05) is 49.2 Å². The minimum absolute atomic E-state index is 0.223. The summed E-state index contributed by atoms with van der Waals surface area (Å²) in [6.45, 7) is 11.1. The lowest BCUT2D eigenvalue weighted by Crippen LogP contribution is -2.42. The number of anilines is 2. The second kappa shape index (κ2) is 11.6. The Morgan fingerprint density at radius 2 is 1.78 bits per heavy atom. The Morgan fingerprint density at radius 1 is 1.09 bits per heavy atom. The second-order valence-corrected chi connectivity index (χ2v) is 8.63. The Labute approximate surface area is 192 Å². The molecule has 3 N–H and O–H groups in total. The van der Waals surface area contributed by atoms with Crippen LogP contribution in [0.5, 0.6) is 5.75 Å². The largest absolute Gasteiger partial charge is 0.496 e. The van der Waals surface area contributed by atoms with Crippen molar-refractivity contribution in [1.29, 1.82) is 0 Å². The van der Waals surface area contributed by atoms with Crippen molar-refractivity contribution >= 4 is 39.9 Å². The summed E-state index contributed by atoms with van der Waals surface area (Å²) in [6.07, 6.45) is 0. The summed E-state index contributed by atoms with van der Waals surface area (Å²) in [5.74, 6) is -0.629. The van der Waals surface area contributed by atoms with Gasteiger partial charge in [0.15, 0.2) is 5.13 Å². The van der Waals surface area contributed by atoms with Crippen LogP contribution in [0.25, 0.3) is 0 Å². The number of nitrogens with zero attached hydrogens (tertiary/aromatic N) is 2. The smallest absolute Gasteiger partial charge is 0.270 e. The number of hydrogen-bond acceptors (Lipinski definition) is 7. The van der Waals surface area contributed by atoms with Crippen LogP contribution < -0.4 is 20.7 Å². The fourth-order valence-corrected chi connectivity index (χ4v) is 3.95. The maximum Gasteiger partial charge on any atom is 0.270 e. The number of amides is 3. The van der Waals surface area contributed by atoms with Crippen LogP contribution in [0.4, 0.5) is 10.8 Å². The lowest BCUT2D eigenvalue weighted by Gasteiger charge is -2.30. The first-order valence-electron chi connectivity index (χ1n) is 10.4. The average molecular weight is 462 g/mol. The van der Waals surface area contributed by atoms with E-state index in [0.717, 1.165) is 17.9 Å². The molecule has 0 bridgehead atoms. The molecule has 1 heterocycles. The lowest BCUT2D eigenvalue weighted by atomic mass is 10.1. The molecule has 9 nitrogen and oxygen atoms in total. The number of hydrogen-bond donors (Lipinski definition) is 3. The van der Waals surface area contributed by atoms with E-state index >= 15 is 0 Å². The summed E-state index contributed by atoms with van der Waals surface area (Å²) >= 11 is 1.16. The van der Waals surface area contributed by atoms with Crippen molar-refractivity contribution in [2.75, 3.05) is 30.8 Å². The highest BCUT2D eigenvalue weighted by Gasteiger charge is 2.18. The highest BCUT2D eigenvalue weighted by molar-refractivity contribution is 7.14. The van der Waals surface area contributed by atoms with Crippen molar-refractivity contribution in [3.63, 3.8) is 0 Å². The van der Waals surface area contributed by atoms with Crippen molar-refractivity contribution in [3.8, 4) is 5.75 Å². The predicted octanol–water partition coefficient (Wildman–Crippen LogP) is 3.21. The maximum absolute atomic E-state index is 12.7. The van der Waals surface area contributed by atoms with Crippen LogP contribution >= 0.6 is 11.3 Å². The van der Waals surface area contributed by atoms with E-state index in [1.165, 1.54) is 14.0 Å². The molecule has 10 heteroatoms. The van der Waals surface area contributed by atoms with Gasteiger partial charge in [-0.1, -0.05) is 0 Å². The van der Waals surface area contributed by atoms with Gasteiger partial charge >= 0.3 is 0 Å². The zero-order valence-electron chi connectivity index (χ0n) is 19.3. The molecule has 1 aromatic heterocycles. The van der Waals surface area contributed by atoms with E-state index in [1.807, 2.05) is 0 Å². The molecular formula is C22H31N5O4S. The monoisotopic (exact) mass is 461 g/mol. The zero-order valence-corrected chi connectivity index (χ0v) is 20.1. The molecule has 0 atom stereocenters. The highest BCUT2D eigenvalue weighted by atomic mass is 32.1. The van der Waals surface area contributed by atoms with E-state index in [4.69, 9.17) is 4.74 Å². The average Bonchev–Trinajstić information content (AvgIpc) is 3.18. The Morgan fingerprint density at radius 3 is 2.38 bits per heavy atom. The Kier molecular flexibility index (Phi) is 9.15. The summed E-state index contributed by atoms with van der Waals surface area (Å²) in [5.41, 5.74) is 1.05. The number of ether oxygens (including phenoxy) is 1. The minimum Gasteiger partial charge on any atom is -0.496 e. The van der Waals surface area contributed by atoms with E-state index in [1.54, 1.807) is 23.6 Å². The third-order valence-corrected chi connectivity index (χ3v) is 5.46. The molecule has 174 valence electrons. The predicted molar refractivity (Wildman–Crippen MR) is 127 cm³/mol. The molecule has 0 aliphatic heterocycles. The van der Waals surface area contributed by atoms with Gasteiger partial charge in [-0.2, -0.15) is 0 Å². The highest BCUT2D eigenvalue weighted by Crippen LogP contribution is 2.25. The van der Waals surface area contributed by atoms with Crippen molar-refractivity contribution < 1.29 is 19.1 Å². The molecule has 0 aliphatic carbocycles. The topological polar surface area (TPSA) is 113 Å². The molecule has 0 aliphatic rings. The van der Waals surface area contributed by atoms with E-state index in [-0.39, 0.29) is 23.1 Å². The maximum atomic E-state index is 12.7. The lowest BCUT2D eigenvalue weighted by molar-refractivity contribution is -0.114. The first kappa shape index (κ1) is 25.3. The molecule has 2 rings (SSSR count). The van der Waals surface area contributed by atoms with Crippen molar-refractivity contribution in [3.05, 3.63) is 34.8 Å². The Bertz CT molecular complexity index is 950. The van der Waals surface area contributed by atoms with Crippen LogP contribution in [0, 0.1) is 0 Å². The number of aromatic nitrogens is 1. The summed E-state index contributed by atoms with van der Waals surface area (Å²) in [5, 5.41) is 10.1. The van der Waals surface area contributed by atoms with Gasteiger partial charge in [-0.3, -0.25) is 24.6 Å². The number of nitrogens with one attached hydrogen (secondary N) is 3. The third kappa shape index (κ3) is 7.03. The number of thiazole rings is 1. The molecule has 0 spiro atoms. The molecule has 0 unspecified atom stereocenters. The van der Waals surface area contributed by atoms with Crippen LogP contribution in [-0.4, -0.2) is 59.9 Å². The summed E-state index contributed by atoms with van der Waals surface area (Å²) in [4.78, 5) is 42.8. The number of methoxy groups -OCH3 is 1. The fourth-order valence-electron chi connectivity index (χ4n) is 3.26. The van der Waals surface area contributed by atoms with Crippen LogP contribution in [0.1, 0.15) is 55.5 Å². The molecule has 2 aromatic rings. The number of rotatable bonds is 10. The number of benzene rings is 1. The van der Waals surface area contributed by atoms with Crippen molar-refractivity contribution in [2.45, 2.75) is 46.7 Å². The van der Waals surface area contributed by atoms with E-state index < -0.39 is 5.91 Å². The van der Waals surface area contributed by atoms with Crippen LogP contribution in [0.2, 0.25) is 0 Å².